The van der Waals surface area contributed by atoms with Crippen molar-refractivity contribution >= 4 is 27.4 Å². The Balaban J connectivity index is 2.12. The molecule has 1 saturated heterocycles. The summed E-state index contributed by atoms with van der Waals surface area (Å²) in [5, 5.41) is 3.76. The molecule has 0 radical (unpaired) electrons. The molecule has 1 fully saturated rings. The first-order valence-electron chi connectivity index (χ1n) is 8.82. The largest absolute Gasteiger partial charge is 0.493 e. The lowest BCUT2D eigenvalue weighted by molar-refractivity contribution is 0.311. The van der Waals surface area contributed by atoms with Gasteiger partial charge in [-0.3, -0.25) is 4.99 Å². The third-order valence-electron chi connectivity index (χ3n) is 4.58. The lowest BCUT2D eigenvalue weighted by atomic mass is 10.2. The van der Waals surface area contributed by atoms with Gasteiger partial charge in [0.25, 0.3) is 0 Å². The molecule has 1 heterocycles. The van der Waals surface area contributed by atoms with Crippen LogP contribution in [0, 0.1) is 0 Å². The van der Waals surface area contributed by atoms with Crippen molar-refractivity contribution in [2.45, 2.75) is 32.1 Å². The van der Waals surface area contributed by atoms with Gasteiger partial charge in [0.15, 0.2) is 27.3 Å². The van der Waals surface area contributed by atoms with Gasteiger partial charge in [0.1, 0.15) is 0 Å². The first kappa shape index (κ1) is 21.6. The molecule has 152 valence electrons. The Bertz CT molecular complexity index is 809. The Morgan fingerprint density at radius 3 is 2.67 bits per heavy atom. The van der Waals surface area contributed by atoms with Gasteiger partial charge in [-0.05, 0) is 38.5 Å². The molecule has 1 aromatic carbocycles. The van der Waals surface area contributed by atoms with Crippen molar-refractivity contribution in [3.8, 4) is 11.5 Å². The number of nitrogens with one attached hydrogen (secondary N) is 1. The summed E-state index contributed by atoms with van der Waals surface area (Å²) in [7, 11) is 0.155. The highest BCUT2D eigenvalue weighted by Crippen LogP contribution is 2.36. The Kier molecular flexibility index (Phi) is 6.86. The van der Waals surface area contributed by atoms with Gasteiger partial charge in [-0.25, -0.2) is 8.42 Å². The molecule has 9 heteroatoms. The third-order valence-corrected chi connectivity index (χ3v) is 7.40. The quantitative estimate of drug-likeness (QED) is 0.585. The molecule has 0 amide bonds. The molecule has 0 unspecified atom stereocenters. The van der Waals surface area contributed by atoms with Crippen LogP contribution in [0.1, 0.15) is 26.3 Å². The average molecular weight is 418 g/mol. The smallest absolute Gasteiger partial charge is 0.193 e. The number of nitrogens with zero attached hydrogens (tertiary/aromatic N) is 2. The average Bonchev–Trinajstić information content (AvgIpc) is 2.60. The van der Waals surface area contributed by atoms with E-state index in [-0.39, 0.29) is 5.75 Å². The molecule has 1 N–H and O–H groups in total. The fraction of sp³-hybridized carbons (Fsp3) is 0.611. The topological polar surface area (TPSA) is 80.2 Å². The first-order chi connectivity index (χ1) is 12.6. The maximum atomic E-state index is 12.2. The van der Waals surface area contributed by atoms with Crippen molar-refractivity contribution in [2.24, 2.45) is 4.99 Å². The standard InChI is InChI=1S/C18H28ClN3O4S/c1-6-26-16-14(19)9-13(10-15(16)25-5)11-21-17(20-4)22-7-8-27(23,24)18(2,3)12-22/h9-10H,6-8,11-12H2,1-5H3,(H,20,21). The van der Waals surface area contributed by atoms with Crippen LogP contribution in [0.3, 0.4) is 0 Å². The van der Waals surface area contributed by atoms with E-state index in [1.54, 1.807) is 28.0 Å². The van der Waals surface area contributed by atoms with Gasteiger partial charge in [0.2, 0.25) is 0 Å². The summed E-state index contributed by atoms with van der Waals surface area (Å²) in [5.41, 5.74) is 0.908. The lowest BCUT2D eigenvalue weighted by Gasteiger charge is -2.39. The number of benzene rings is 1. The summed E-state index contributed by atoms with van der Waals surface area (Å²) in [6.45, 7) is 7.15. The summed E-state index contributed by atoms with van der Waals surface area (Å²) in [6, 6.07) is 3.68. The van der Waals surface area contributed by atoms with E-state index >= 15 is 0 Å². The van der Waals surface area contributed by atoms with Crippen molar-refractivity contribution in [1.29, 1.82) is 0 Å². The molecule has 0 bridgehead atoms. The molecule has 0 saturated carbocycles. The van der Waals surface area contributed by atoms with Crippen LogP contribution in [0.5, 0.6) is 11.5 Å². The van der Waals surface area contributed by atoms with Gasteiger partial charge in [0, 0.05) is 26.7 Å². The van der Waals surface area contributed by atoms with Crippen molar-refractivity contribution in [1.82, 2.24) is 10.2 Å². The van der Waals surface area contributed by atoms with E-state index in [1.807, 2.05) is 24.0 Å². The second-order valence-electron chi connectivity index (χ2n) is 6.94. The monoisotopic (exact) mass is 417 g/mol. The Morgan fingerprint density at radius 1 is 1.41 bits per heavy atom. The van der Waals surface area contributed by atoms with Gasteiger partial charge in [-0.15, -0.1) is 0 Å². The highest BCUT2D eigenvalue weighted by Gasteiger charge is 2.40. The molecule has 7 nitrogen and oxygen atoms in total. The number of guanidine groups is 1. The van der Waals surface area contributed by atoms with Crippen molar-refractivity contribution in [3.63, 3.8) is 0 Å². The van der Waals surface area contributed by atoms with Crippen molar-refractivity contribution < 1.29 is 17.9 Å². The zero-order valence-corrected chi connectivity index (χ0v) is 18.1. The van der Waals surface area contributed by atoms with Gasteiger partial charge in [-0.2, -0.15) is 0 Å². The molecule has 1 aliphatic heterocycles. The number of hydrogen-bond donors (Lipinski definition) is 1. The van der Waals surface area contributed by atoms with Crippen LogP contribution in [0.2, 0.25) is 5.02 Å². The molecule has 2 rings (SSSR count). The van der Waals surface area contributed by atoms with Crippen LogP contribution in [0.4, 0.5) is 0 Å². The number of methoxy groups -OCH3 is 1. The van der Waals surface area contributed by atoms with E-state index in [4.69, 9.17) is 21.1 Å². The minimum absolute atomic E-state index is 0.114. The molecule has 0 aliphatic carbocycles. The fourth-order valence-corrected chi connectivity index (χ4v) is 4.65. The van der Waals surface area contributed by atoms with Gasteiger partial charge in [-0.1, -0.05) is 11.6 Å². The number of aliphatic imine (C=N–C) groups is 1. The van der Waals surface area contributed by atoms with E-state index in [1.165, 1.54) is 0 Å². The summed E-state index contributed by atoms with van der Waals surface area (Å²) >= 11 is 6.32. The summed E-state index contributed by atoms with van der Waals surface area (Å²) < 4.78 is 34.5. The van der Waals surface area contributed by atoms with E-state index in [9.17, 15) is 8.42 Å². The Labute approximate surface area is 166 Å². The van der Waals surface area contributed by atoms with E-state index < -0.39 is 14.6 Å². The lowest BCUT2D eigenvalue weighted by Crippen LogP contribution is -2.57. The maximum absolute atomic E-state index is 12.2. The van der Waals surface area contributed by atoms with Gasteiger partial charge < -0.3 is 19.7 Å². The molecule has 0 spiro atoms. The fourth-order valence-electron chi connectivity index (χ4n) is 3.00. The number of ether oxygens (including phenoxy) is 2. The van der Waals surface area contributed by atoms with Gasteiger partial charge >= 0.3 is 0 Å². The molecule has 0 aromatic heterocycles. The number of sulfone groups is 1. The predicted molar refractivity (Wildman–Crippen MR) is 109 cm³/mol. The molecule has 0 atom stereocenters. The highest BCUT2D eigenvalue weighted by atomic mass is 35.5. The van der Waals surface area contributed by atoms with Crippen LogP contribution in [-0.4, -0.2) is 63.6 Å². The van der Waals surface area contributed by atoms with Crippen LogP contribution in [0.25, 0.3) is 0 Å². The van der Waals surface area contributed by atoms with Crippen molar-refractivity contribution in [3.05, 3.63) is 22.7 Å². The van der Waals surface area contributed by atoms with Crippen molar-refractivity contribution in [2.75, 3.05) is 39.6 Å². The molecule has 1 aliphatic rings. The highest BCUT2D eigenvalue weighted by molar-refractivity contribution is 7.92. The van der Waals surface area contributed by atoms with Gasteiger partial charge in [0.05, 0.1) is 29.2 Å². The second-order valence-corrected chi connectivity index (χ2v) is 10.1. The summed E-state index contributed by atoms with van der Waals surface area (Å²) in [4.78, 5) is 6.27. The summed E-state index contributed by atoms with van der Waals surface area (Å²) in [5.74, 6) is 1.87. The summed E-state index contributed by atoms with van der Waals surface area (Å²) in [6.07, 6.45) is 0. The van der Waals surface area contributed by atoms with E-state index in [0.29, 0.717) is 48.7 Å². The van der Waals surface area contributed by atoms with Crippen LogP contribution < -0.4 is 14.8 Å². The maximum Gasteiger partial charge on any atom is 0.193 e. The molecular weight excluding hydrogens is 390 g/mol. The zero-order chi connectivity index (χ0) is 20.2. The first-order valence-corrected chi connectivity index (χ1v) is 10.8. The number of rotatable bonds is 5. The van der Waals surface area contributed by atoms with E-state index in [0.717, 1.165) is 5.56 Å². The second kappa shape index (κ2) is 8.56. The van der Waals surface area contributed by atoms with Crippen LogP contribution >= 0.6 is 11.6 Å². The predicted octanol–water partition coefficient (Wildman–Crippen LogP) is 2.33. The van der Waals surface area contributed by atoms with Crippen LogP contribution in [-0.2, 0) is 16.4 Å². The minimum atomic E-state index is -3.10. The molecular formula is C18H28ClN3O4S. The van der Waals surface area contributed by atoms with E-state index in [2.05, 4.69) is 10.3 Å². The third kappa shape index (κ3) is 4.79. The normalized spacial score (nSPS) is 18.9. The Morgan fingerprint density at radius 2 is 2.11 bits per heavy atom. The SMILES string of the molecule is CCOc1c(Cl)cc(CNC(=NC)N2CCS(=O)(=O)C(C)(C)C2)cc1OC. The number of hydrogen-bond acceptors (Lipinski definition) is 5. The van der Waals surface area contributed by atoms with Crippen LogP contribution in [0.15, 0.2) is 17.1 Å². The Hall–Kier alpha value is -1.67. The number of halogens is 1. The zero-order valence-electron chi connectivity index (χ0n) is 16.5. The molecule has 1 aromatic rings. The molecule has 27 heavy (non-hydrogen) atoms. The minimum Gasteiger partial charge on any atom is -0.493 e.